The topological polar surface area (TPSA) is 77.6 Å². The monoisotopic (exact) mass is 426 g/mol. The summed E-state index contributed by atoms with van der Waals surface area (Å²) < 4.78 is 4.09. The van der Waals surface area contributed by atoms with E-state index in [1.807, 2.05) is 42.8 Å². The van der Waals surface area contributed by atoms with Gasteiger partial charge in [-0.1, -0.05) is 18.0 Å². The van der Waals surface area contributed by atoms with Gasteiger partial charge in [0.2, 0.25) is 5.91 Å². The maximum absolute atomic E-state index is 12.6. The van der Waals surface area contributed by atoms with Gasteiger partial charge in [-0.05, 0) is 51.0 Å². The Morgan fingerprint density at radius 1 is 1.13 bits per heavy atom. The third-order valence-corrected chi connectivity index (χ3v) is 5.96. The molecule has 0 bridgehead atoms. The number of amides is 1. The van der Waals surface area contributed by atoms with Crippen LogP contribution in [-0.2, 0) is 30.6 Å². The number of carbonyl (C=O) groups is 1. The molecule has 30 heavy (non-hydrogen) atoms. The van der Waals surface area contributed by atoms with Crippen LogP contribution in [0.25, 0.3) is 5.69 Å². The van der Waals surface area contributed by atoms with Crippen molar-refractivity contribution < 1.29 is 4.79 Å². The van der Waals surface area contributed by atoms with Crippen LogP contribution in [-0.4, -0.2) is 37.0 Å². The summed E-state index contributed by atoms with van der Waals surface area (Å²) >= 11 is 5.98. The maximum Gasteiger partial charge on any atom is 0.224 e. The highest BCUT2D eigenvalue weighted by molar-refractivity contribution is 6.30. The summed E-state index contributed by atoms with van der Waals surface area (Å²) in [5.41, 5.74) is 3.71. The molecule has 7 nitrogen and oxygen atoms in total. The van der Waals surface area contributed by atoms with Crippen LogP contribution in [0.15, 0.2) is 24.3 Å². The Hall–Kier alpha value is -2.67. The predicted octanol–water partition coefficient (Wildman–Crippen LogP) is 3.36. The minimum absolute atomic E-state index is 0.00698. The first-order valence-electron chi connectivity index (χ1n) is 10.5. The molecule has 0 spiro atoms. The van der Waals surface area contributed by atoms with Gasteiger partial charge in [0.1, 0.15) is 11.6 Å². The smallest absolute Gasteiger partial charge is 0.224 e. The maximum atomic E-state index is 12.6. The molecule has 158 valence electrons. The highest BCUT2D eigenvalue weighted by atomic mass is 35.5. The zero-order chi connectivity index (χ0) is 21.1. The first-order valence-corrected chi connectivity index (χ1v) is 10.9. The molecule has 1 aliphatic rings. The Morgan fingerprint density at radius 3 is 2.73 bits per heavy atom. The van der Waals surface area contributed by atoms with Gasteiger partial charge in [0, 0.05) is 42.2 Å². The second-order valence-electron chi connectivity index (χ2n) is 7.81. The number of carbonyl (C=O) groups excluding carboxylic acids is 1. The number of nitrogens with zero attached hydrogens (tertiary/aromatic N) is 5. The van der Waals surface area contributed by atoms with Crippen molar-refractivity contribution in [2.45, 2.75) is 58.9 Å². The predicted molar refractivity (Wildman–Crippen MR) is 116 cm³/mol. The number of rotatable bonds is 6. The van der Waals surface area contributed by atoms with Crippen molar-refractivity contribution in [1.29, 1.82) is 0 Å². The molecule has 0 radical (unpaired) electrons. The van der Waals surface area contributed by atoms with E-state index < -0.39 is 0 Å². The Kier molecular flexibility index (Phi) is 6.18. The summed E-state index contributed by atoms with van der Waals surface area (Å²) in [7, 11) is 0. The highest BCUT2D eigenvalue weighted by Gasteiger charge is 2.17. The van der Waals surface area contributed by atoms with Crippen LogP contribution in [0.2, 0.25) is 5.02 Å². The van der Waals surface area contributed by atoms with Crippen LogP contribution >= 0.6 is 11.6 Å². The van der Waals surface area contributed by atoms with Crippen LogP contribution in [0.4, 0.5) is 0 Å². The summed E-state index contributed by atoms with van der Waals surface area (Å²) in [5.74, 6) is 2.04. The van der Waals surface area contributed by atoms with Crippen molar-refractivity contribution in [3.05, 3.63) is 57.9 Å². The second-order valence-corrected chi connectivity index (χ2v) is 8.25. The molecule has 0 saturated carbocycles. The van der Waals surface area contributed by atoms with Crippen LogP contribution in [0.1, 0.15) is 47.9 Å². The minimum Gasteiger partial charge on any atom is -0.355 e. The van der Waals surface area contributed by atoms with Crippen molar-refractivity contribution >= 4 is 17.5 Å². The first-order chi connectivity index (χ1) is 14.5. The molecule has 3 heterocycles. The molecular formula is C22H27ClN6O. The van der Waals surface area contributed by atoms with Crippen molar-refractivity contribution in [3.63, 3.8) is 0 Å². The first kappa shape index (κ1) is 20.6. The van der Waals surface area contributed by atoms with Gasteiger partial charge in [0.15, 0.2) is 0 Å². The highest BCUT2D eigenvalue weighted by Crippen LogP contribution is 2.20. The number of aromatic nitrogens is 5. The lowest BCUT2D eigenvalue weighted by molar-refractivity contribution is -0.120. The third kappa shape index (κ3) is 4.41. The Balaban J connectivity index is 1.37. The summed E-state index contributed by atoms with van der Waals surface area (Å²) in [6.45, 7) is 5.46. The summed E-state index contributed by atoms with van der Waals surface area (Å²) in [6.07, 6.45) is 5.58. The van der Waals surface area contributed by atoms with Gasteiger partial charge < -0.3 is 9.88 Å². The van der Waals surface area contributed by atoms with E-state index >= 15 is 0 Å². The number of hydrogen-bond acceptors (Lipinski definition) is 4. The van der Waals surface area contributed by atoms with Gasteiger partial charge in [0.25, 0.3) is 0 Å². The standard InChI is InChI=1S/C22H27ClN6O/c1-15-19(16(2)29(27-15)18-9-7-17(23)8-10-18)14-22(30)24-12-11-21-26-25-20-6-4-3-5-13-28(20)21/h7-10H,3-6,11-14H2,1-2H3,(H,24,30). The zero-order valence-electron chi connectivity index (χ0n) is 17.5. The van der Waals surface area contributed by atoms with Crippen LogP contribution < -0.4 is 5.32 Å². The Morgan fingerprint density at radius 2 is 1.93 bits per heavy atom. The molecule has 3 aromatic rings. The molecule has 8 heteroatoms. The SMILES string of the molecule is Cc1nn(-c2ccc(Cl)cc2)c(C)c1CC(=O)NCCc1nnc2n1CCCCC2. The van der Waals surface area contributed by atoms with E-state index in [1.54, 1.807) is 0 Å². The normalized spacial score (nSPS) is 13.7. The lowest BCUT2D eigenvalue weighted by Gasteiger charge is -2.09. The number of benzene rings is 1. The fourth-order valence-corrected chi connectivity index (χ4v) is 4.16. The summed E-state index contributed by atoms with van der Waals surface area (Å²) in [5, 5.41) is 17.0. The number of aryl methyl sites for hydroxylation is 2. The molecule has 4 rings (SSSR count). The van der Waals surface area contributed by atoms with Crippen molar-refractivity contribution in [2.24, 2.45) is 0 Å². The van der Waals surface area contributed by atoms with Gasteiger partial charge >= 0.3 is 0 Å². The van der Waals surface area contributed by atoms with E-state index in [2.05, 4.69) is 25.2 Å². The van der Waals surface area contributed by atoms with Gasteiger partial charge in [-0.15, -0.1) is 10.2 Å². The third-order valence-electron chi connectivity index (χ3n) is 5.71. The molecule has 1 aliphatic heterocycles. The summed E-state index contributed by atoms with van der Waals surface area (Å²) in [4.78, 5) is 12.6. The number of halogens is 1. The molecule has 0 saturated heterocycles. The molecule has 1 amide bonds. The molecule has 2 aromatic heterocycles. The summed E-state index contributed by atoms with van der Waals surface area (Å²) in [6, 6.07) is 7.52. The number of hydrogen-bond donors (Lipinski definition) is 1. The van der Waals surface area contributed by atoms with E-state index in [9.17, 15) is 4.79 Å². The Labute approximate surface area is 181 Å². The lowest BCUT2D eigenvalue weighted by Crippen LogP contribution is -2.28. The van der Waals surface area contributed by atoms with E-state index in [-0.39, 0.29) is 5.91 Å². The molecule has 0 aliphatic carbocycles. The van der Waals surface area contributed by atoms with Crippen molar-refractivity contribution in [2.75, 3.05) is 6.54 Å². The van der Waals surface area contributed by atoms with Gasteiger partial charge in [-0.2, -0.15) is 5.10 Å². The van der Waals surface area contributed by atoms with E-state index in [4.69, 9.17) is 11.6 Å². The largest absolute Gasteiger partial charge is 0.355 e. The molecule has 0 fully saturated rings. The lowest BCUT2D eigenvalue weighted by atomic mass is 10.1. The van der Waals surface area contributed by atoms with Gasteiger partial charge in [-0.25, -0.2) is 4.68 Å². The number of fused-ring (bicyclic) bond motifs is 1. The van der Waals surface area contributed by atoms with Crippen molar-refractivity contribution in [1.82, 2.24) is 29.9 Å². The molecule has 1 N–H and O–H groups in total. The zero-order valence-corrected chi connectivity index (χ0v) is 18.2. The Bertz CT molecular complexity index is 1040. The fraction of sp³-hybridized carbons (Fsp3) is 0.455. The van der Waals surface area contributed by atoms with E-state index in [0.717, 1.165) is 47.3 Å². The van der Waals surface area contributed by atoms with Gasteiger partial charge in [-0.3, -0.25) is 4.79 Å². The van der Waals surface area contributed by atoms with Gasteiger partial charge in [0.05, 0.1) is 17.8 Å². The van der Waals surface area contributed by atoms with Crippen LogP contribution in [0, 0.1) is 13.8 Å². The average Bonchev–Trinajstić information content (AvgIpc) is 3.13. The second kappa shape index (κ2) is 9.00. The van der Waals surface area contributed by atoms with Crippen LogP contribution in [0.5, 0.6) is 0 Å². The molecular weight excluding hydrogens is 400 g/mol. The molecule has 0 unspecified atom stereocenters. The average molecular weight is 427 g/mol. The fourth-order valence-electron chi connectivity index (χ4n) is 4.03. The number of nitrogens with one attached hydrogen (secondary N) is 1. The van der Waals surface area contributed by atoms with Crippen molar-refractivity contribution in [3.8, 4) is 5.69 Å². The molecule has 0 atom stereocenters. The quantitative estimate of drug-likeness (QED) is 0.655. The minimum atomic E-state index is -0.00698. The van der Waals surface area contributed by atoms with E-state index in [1.165, 1.54) is 19.3 Å². The van der Waals surface area contributed by atoms with E-state index in [0.29, 0.717) is 24.4 Å². The molecule has 1 aromatic carbocycles. The van der Waals surface area contributed by atoms with Crippen LogP contribution in [0.3, 0.4) is 0 Å².